The Morgan fingerprint density at radius 1 is 1.56 bits per heavy atom. The molecular weight excluding hydrogens is 248 g/mol. The van der Waals surface area contributed by atoms with Crippen LogP contribution in [0.25, 0.3) is 4.96 Å². The van der Waals surface area contributed by atoms with E-state index >= 15 is 0 Å². The summed E-state index contributed by atoms with van der Waals surface area (Å²) in [7, 11) is 4.04. The number of rotatable bonds is 5. The van der Waals surface area contributed by atoms with Crippen LogP contribution in [0, 0.1) is 6.92 Å². The monoisotopic (exact) mass is 266 g/mol. The summed E-state index contributed by atoms with van der Waals surface area (Å²) >= 11 is 1.55. The van der Waals surface area contributed by atoms with E-state index < -0.39 is 0 Å². The quantitative estimate of drug-likeness (QED) is 0.832. The predicted octanol–water partition coefficient (Wildman–Crippen LogP) is 1.39. The van der Waals surface area contributed by atoms with E-state index in [-0.39, 0.29) is 5.91 Å². The lowest BCUT2D eigenvalue weighted by atomic mass is 10.3. The number of nitrogens with one attached hydrogen (secondary N) is 1. The summed E-state index contributed by atoms with van der Waals surface area (Å²) in [5, 5.41) is 4.92. The van der Waals surface area contributed by atoms with Gasteiger partial charge in [0.15, 0.2) is 4.96 Å². The van der Waals surface area contributed by atoms with Gasteiger partial charge < -0.3 is 10.2 Å². The van der Waals surface area contributed by atoms with Crippen LogP contribution in [0.4, 0.5) is 0 Å². The zero-order valence-electron chi connectivity index (χ0n) is 10.9. The van der Waals surface area contributed by atoms with Crippen molar-refractivity contribution < 1.29 is 4.79 Å². The van der Waals surface area contributed by atoms with Crippen LogP contribution in [-0.2, 0) is 0 Å². The Morgan fingerprint density at radius 2 is 2.33 bits per heavy atom. The molecule has 0 bridgehead atoms. The van der Waals surface area contributed by atoms with Crippen molar-refractivity contribution >= 4 is 22.2 Å². The van der Waals surface area contributed by atoms with E-state index in [1.807, 2.05) is 30.8 Å². The van der Waals surface area contributed by atoms with Crippen molar-refractivity contribution in [2.45, 2.75) is 13.3 Å². The standard InChI is InChI=1S/C12H18N4OS/c1-9-8-18-12-14-10(7-16(9)12)11(17)13-5-4-6-15(2)3/h7-8H,4-6H2,1-3H3,(H,13,17). The third kappa shape index (κ3) is 2.88. The molecule has 0 unspecified atom stereocenters. The van der Waals surface area contributed by atoms with Crippen LogP contribution < -0.4 is 5.32 Å². The molecule has 98 valence electrons. The molecule has 1 amide bonds. The molecule has 1 N–H and O–H groups in total. The van der Waals surface area contributed by atoms with E-state index in [0.717, 1.165) is 23.6 Å². The number of hydrogen-bond acceptors (Lipinski definition) is 4. The number of carbonyl (C=O) groups excluding carboxylic acids is 1. The van der Waals surface area contributed by atoms with Gasteiger partial charge in [0, 0.05) is 23.8 Å². The number of nitrogens with zero attached hydrogens (tertiary/aromatic N) is 3. The van der Waals surface area contributed by atoms with Crippen molar-refractivity contribution in [3.05, 3.63) is 23.0 Å². The van der Waals surface area contributed by atoms with Gasteiger partial charge in [0.25, 0.3) is 5.91 Å². The number of thiazole rings is 1. The minimum atomic E-state index is -0.0935. The molecule has 0 atom stereocenters. The van der Waals surface area contributed by atoms with Gasteiger partial charge in [0.2, 0.25) is 0 Å². The summed E-state index contributed by atoms with van der Waals surface area (Å²) in [6, 6.07) is 0. The first kappa shape index (κ1) is 13.0. The topological polar surface area (TPSA) is 49.6 Å². The Bertz CT molecular complexity index is 543. The van der Waals surface area contributed by atoms with Gasteiger partial charge in [-0.1, -0.05) is 0 Å². The number of hydrogen-bond donors (Lipinski definition) is 1. The molecule has 2 rings (SSSR count). The van der Waals surface area contributed by atoms with Crippen molar-refractivity contribution in [3.8, 4) is 0 Å². The second kappa shape index (κ2) is 5.49. The third-order valence-electron chi connectivity index (χ3n) is 2.69. The Morgan fingerprint density at radius 3 is 3.00 bits per heavy atom. The van der Waals surface area contributed by atoms with E-state index in [9.17, 15) is 4.79 Å². The molecule has 6 heteroatoms. The van der Waals surface area contributed by atoms with E-state index in [0.29, 0.717) is 12.2 Å². The molecule has 0 saturated carbocycles. The highest BCUT2D eigenvalue weighted by Crippen LogP contribution is 2.15. The van der Waals surface area contributed by atoms with Crippen molar-refractivity contribution in [2.24, 2.45) is 0 Å². The fourth-order valence-electron chi connectivity index (χ4n) is 1.69. The number of amides is 1. The average molecular weight is 266 g/mol. The molecule has 18 heavy (non-hydrogen) atoms. The number of imidazole rings is 1. The normalized spacial score (nSPS) is 11.3. The van der Waals surface area contributed by atoms with Gasteiger partial charge in [-0.05, 0) is 34.0 Å². The second-order valence-corrected chi connectivity index (χ2v) is 5.41. The Kier molecular flexibility index (Phi) is 3.98. The average Bonchev–Trinajstić information content (AvgIpc) is 2.87. The summed E-state index contributed by atoms with van der Waals surface area (Å²) in [6.45, 7) is 3.66. The molecule has 5 nitrogen and oxygen atoms in total. The highest BCUT2D eigenvalue weighted by molar-refractivity contribution is 7.15. The first-order valence-corrected chi connectivity index (χ1v) is 6.82. The number of carbonyl (C=O) groups is 1. The molecule has 0 aliphatic rings. The first-order valence-electron chi connectivity index (χ1n) is 5.94. The predicted molar refractivity (Wildman–Crippen MR) is 73.3 cm³/mol. The van der Waals surface area contributed by atoms with E-state index in [2.05, 4.69) is 15.2 Å². The fourth-order valence-corrected chi connectivity index (χ4v) is 2.54. The molecule has 2 aromatic heterocycles. The summed E-state index contributed by atoms with van der Waals surface area (Å²) in [4.78, 5) is 19.1. The van der Waals surface area contributed by atoms with Crippen LogP contribution in [0.15, 0.2) is 11.6 Å². The van der Waals surface area contributed by atoms with Gasteiger partial charge in [-0.2, -0.15) is 0 Å². The van der Waals surface area contributed by atoms with Crippen LogP contribution in [0.2, 0.25) is 0 Å². The Hall–Kier alpha value is -1.40. The summed E-state index contributed by atoms with van der Waals surface area (Å²) in [5.74, 6) is -0.0935. The minimum absolute atomic E-state index is 0.0935. The SMILES string of the molecule is Cc1csc2nc(C(=O)NCCCN(C)C)cn12. The van der Waals surface area contributed by atoms with Crippen molar-refractivity contribution in [2.75, 3.05) is 27.2 Å². The van der Waals surface area contributed by atoms with Crippen molar-refractivity contribution in [1.82, 2.24) is 19.6 Å². The van der Waals surface area contributed by atoms with E-state index in [1.165, 1.54) is 0 Å². The first-order chi connectivity index (χ1) is 8.58. The zero-order valence-corrected chi connectivity index (χ0v) is 11.8. The Labute approximate surface area is 110 Å². The highest BCUT2D eigenvalue weighted by atomic mass is 32.1. The minimum Gasteiger partial charge on any atom is -0.351 e. The van der Waals surface area contributed by atoms with Gasteiger partial charge in [-0.25, -0.2) is 4.98 Å². The largest absolute Gasteiger partial charge is 0.351 e. The Balaban J connectivity index is 1.92. The van der Waals surface area contributed by atoms with Crippen molar-refractivity contribution in [3.63, 3.8) is 0 Å². The van der Waals surface area contributed by atoms with Gasteiger partial charge >= 0.3 is 0 Å². The summed E-state index contributed by atoms with van der Waals surface area (Å²) < 4.78 is 1.94. The van der Waals surface area contributed by atoms with Crippen LogP contribution in [0.5, 0.6) is 0 Å². The number of fused-ring (bicyclic) bond motifs is 1. The van der Waals surface area contributed by atoms with Crippen LogP contribution >= 0.6 is 11.3 Å². The molecule has 0 fully saturated rings. The van der Waals surface area contributed by atoms with E-state index in [1.54, 1.807) is 17.5 Å². The maximum atomic E-state index is 11.9. The van der Waals surface area contributed by atoms with Gasteiger partial charge in [0.1, 0.15) is 5.69 Å². The maximum absolute atomic E-state index is 11.9. The van der Waals surface area contributed by atoms with Crippen LogP contribution in [-0.4, -0.2) is 47.4 Å². The van der Waals surface area contributed by atoms with Gasteiger partial charge in [-0.15, -0.1) is 11.3 Å². The zero-order chi connectivity index (χ0) is 13.1. The molecule has 0 aromatic carbocycles. The molecule has 0 spiro atoms. The van der Waals surface area contributed by atoms with E-state index in [4.69, 9.17) is 0 Å². The lowest BCUT2D eigenvalue weighted by Gasteiger charge is -2.09. The highest BCUT2D eigenvalue weighted by Gasteiger charge is 2.11. The molecule has 2 aromatic rings. The summed E-state index contributed by atoms with van der Waals surface area (Å²) in [5.41, 5.74) is 1.60. The van der Waals surface area contributed by atoms with Gasteiger partial charge in [-0.3, -0.25) is 9.20 Å². The fraction of sp³-hybridized carbons (Fsp3) is 0.500. The lowest BCUT2D eigenvalue weighted by molar-refractivity contribution is 0.0948. The molecule has 0 aliphatic carbocycles. The van der Waals surface area contributed by atoms with Crippen LogP contribution in [0.1, 0.15) is 22.6 Å². The number of aryl methyl sites for hydroxylation is 1. The van der Waals surface area contributed by atoms with Crippen molar-refractivity contribution in [1.29, 1.82) is 0 Å². The van der Waals surface area contributed by atoms with Gasteiger partial charge in [0.05, 0.1) is 0 Å². The maximum Gasteiger partial charge on any atom is 0.271 e. The third-order valence-corrected chi connectivity index (χ3v) is 3.65. The molecule has 0 radical (unpaired) electrons. The lowest BCUT2D eigenvalue weighted by Crippen LogP contribution is -2.27. The molecule has 0 aliphatic heterocycles. The molecule has 2 heterocycles. The number of aromatic nitrogens is 2. The molecular formula is C12H18N4OS. The summed E-state index contributed by atoms with van der Waals surface area (Å²) in [6.07, 6.45) is 2.74. The second-order valence-electron chi connectivity index (χ2n) is 4.57. The smallest absolute Gasteiger partial charge is 0.271 e. The molecule has 0 saturated heterocycles. The van der Waals surface area contributed by atoms with Crippen LogP contribution in [0.3, 0.4) is 0 Å².